The molecule has 1 saturated heterocycles. The number of nitrogens with one attached hydrogen (secondary N) is 2. The Kier molecular flexibility index (Phi) is 12.3. The molecule has 2 atom stereocenters. The second kappa shape index (κ2) is 13.9. The maximum absolute atomic E-state index is 5.98. The summed E-state index contributed by atoms with van der Waals surface area (Å²) in [5.41, 5.74) is 0. The Morgan fingerprint density at radius 3 is 2.48 bits per heavy atom. The molecule has 166 valence electrons. The van der Waals surface area contributed by atoms with Crippen LogP contribution in [0.15, 0.2) is 29.3 Å². The smallest absolute Gasteiger partial charge is 0.191 e. The van der Waals surface area contributed by atoms with Crippen molar-refractivity contribution in [1.29, 1.82) is 0 Å². The maximum atomic E-state index is 5.98. The number of piperazine rings is 1. The third-order valence-electron chi connectivity index (χ3n) is 4.95. The van der Waals surface area contributed by atoms with Gasteiger partial charge < -0.3 is 25.0 Å². The molecule has 0 radical (unpaired) electrons. The Morgan fingerprint density at radius 2 is 1.83 bits per heavy atom. The molecular weight excluding hydrogens is 481 g/mol. The van der Waals surface area contributed by atoms with Crippen molar-refractivity contribution in [3.05, 3.63) is 24.3 Å². The molecule has 2 unspecified atom stereocenters. The number of likely N-dealkylation sites (N-methyl/N-ethyl adjacent to an activating group) is 1. The van der Waals surface area contributed by atoms with E-state index in [1.807, 2.05) is 31.2 Å². The van der Waals surface area contributed by atoms with Gasteiger partial charge in [-0.05, 0) is 40.0 Å². The number of methoxy groups -OCH3 is 1. The highest BCUT2D eigenvalue weighted by Gasteiger charge is 2.18. The number of aliphatic imine (C=N–C) groups is 1. The van der Waals surface area contributed by atoms with E-state index in [1.165, 1.54) is 0 Å². The number of nitrogens with zero attached hydrogens (tertiary/aromatic N) is 3. The third-order valence-corrected chi connectivity index (χ3v) is 4.95. The highest BCUT2D eigenvalue weighted by Crippen LogP contribution is 2.19. The number of benzene rings is 1. The molecule has 0 amide bonds. The molecule has 29 heavy (non-hydrogen) atoms. The molecular formula is C21H38IN5O2. The minimum absolute atomic E-state index is 0. The predicted octanol–water partition coefficient (Wildman–Crippen LogP) is 2.27. The van der Waals surface area contributed by atoms with Crippen LogP contribution in [-0.4, -0.2) is 87.9 Å². The van der Waals surface area contributed by atoms with Crippen molar-refractivity contribution in [2.45, 2.75) is 32.9 Å². The number of halogens is 1. The first kappa shape index (κ1) is 25.8. The zero-order chi connectivity index (χ0) is 20.4. The van der Waals surface area contributed by atoms with E-state index in [0.717, 1.165) is 56.7 Å². The zero-order valence-corrected chi connectivity index (χ0v) is 20.8. The molecule has 1 heterocycles. The average Bonchev–Trinajstić information content (AvgIpc) is 2.70. The van der Waals surface area contributed by atoms with Gasteiger partial charge in [0.2, 0.25) is 0 Å². The van der Waals surface area contributed by atoms with Crippen molar-refractivity contribution in [2.24, 2.45) is 4.99 Å². The average molecular weight is 519 g/mol. The molecule has 1 fully saturated rings. The Balaban J connectivity index is 0.00000420. The molecule has 0 saturated carbocycles. The molecule has 1 aromatic carbocycles. The number of rotatable bonds is 9. The summed E-state index contributed by atoms with van der Waals surface area (Å²) in [5.74, 6) is 2.44. The first-order chi connectivity index (χ1) is 13.5. The molecule has 0 bridgehead atoms. The molecule has 2 N–H and O–H groups in total. The van der Waals surface area contributed by atoms with E-state index in [-0.39, 0.29) is 30.1 Å². The van der Waals surface area contributed by atoms with Gasteiger partial charge in [-0.15, -0.1) is 24.0 Å². The zero-order valence-electron chi connectivity index (χ0n) is 18.5. The molecule has 1 aliphatic rings. The summed E-state index contributed by atoms with van der Waals surface area (Å²) in [7, 11) is 3.84. The van der Waals surface area contributed by atoms with Crippen LogP contribution in [0.4, 0.5) is 0 Å². The van der Waals surface area contributed by atoms with Crippen molar-refractivity contribution in [1.82, 2.24) is 20.4 Å². The Hall–Kier alpha value is -1.26. The molecule has 2 rings (SSSR count). The van der Waals surface area contributed by atoms with Gasteiger partial charge in [0.1, 0.15) is 17.6 Å². The molecule has 7 nitrogen and oxygen atoms in total. The minimum atomic E-state index is 0. The summed E-state index contributed by atoms with van der Waals surface area (Å²) in [5, 5.41) is 6.71. The number of ether oxygens (including phenoxy) is 2. The number of guanidine groups is 1. The summed E-state index contributed by atoms with van der Waals surface area (Å²) in [6, 6.07) is 8.12. The summed E-state index contributed by atoms with van der Waals surface area (Å²) < 4.78 is 11.2. The first-order valence-corrected chi connectivity index (χ1v) is 10.3. The van der Waals surface area contributed by atoms with Crippen LogP contribution in [-0.2, 0) is 0 Å². The second-order valence-corrected chi connectivity index (χ2v) is 7.40. The minimum Gasteiger partial charge on any atom is -0.497 e. The van der Waals surface area contributed by atoms with Crippen LogP contribution >= 0.6 is 24.0 Å². The summed E-state index contributed by atoms with van der Waals surface area (Å²) >= 11 is 0. The van der Waals surface area contributed by atoms with Gasteiger partial charge in [-0.3, -0.25) is 9.89 Å². The summed E-state index contributed by atoms with van der Waals surface area (Å²) in [6.45, 7) is 13.2. The van der Waals surface area contributed by atoms with Gasteiger partial charge in [-0.2, -0.15) is 0 Å². The lowest BCUT2D eigenvalue weighted by atomic mass is 10.2. The van der Waals surface area contributed by atoms with E-state index in [9.17, 15) is 0 Å². The fraction of sp³-hybridized carbons (Fsp3) is 0.667. The van der Waals surface area contributed by atoms with Crippen LogP contribution in [0.25, 0.3) is 0 Å². The summed E-state index contributed by atoms with van der Waals surface area (Å²) in [4.78, 5) is 9.67. The fourth-order valence-corrected chi connectivity index (χ4v) is 3.13. The molecule has 0 spiro atoms. The van der Waals surface area contributed by atoms with E-state index in [2.05, 4.69) is 41.3 Å². The second-order valence-electron chi connectivity index (χ2n) is 7.40. The van der Waals surface area contributed by atoms with Crippen molar-refractivity contribution in [3.63, 3.8) is 0 Å². The quantitative estimate of drug-likeness (QED) is 0.297. The van der Waals surface area contributed by atoms with Gasteiger partial charge in [-0.1, -0.05) is 6.07 Å². The van der Waals surface area contributed by atoms with E-state index < -0.39 is 0 Å². The lowest BCUT2D eigenvalue weighted by molar-refractivity contribution is 0.122. The molecule has 8 heteroatoms. The molecule has 1 aromatic rings. The van der Waals surface area contributed by atoms with Crippen LogP contribution in [0.2, 0.25) is 0 Å². The van der Waals surface area contributed by atoms with E-state index in [0.29, 0.717) is 12.6 Å². The lowest BCUT2D eigenvalue weighted by Crippen LogP contribution is -2.49. The summed E-state index contributed by atoms with van der Waals surface area (Å²) in [6.07, 6.45) is 0.00557. The van der Waals surface area contributed by atoms with E-state index >= 15 is 0 Å². The highest BCUT2D eigenvalue weighted by atomic mass is 127. The Labute approximate surface area is 193 Å². The third kappa shape index (κ3) is 9.39. The van der Waals surface area contributed by atoms with Crippen molar-refractivity contribution in [3.8, 4) is 11.5 Å². The van der Waals surface area contributed by atoms with Gasteiger partial charge in [0, 0.05) is 44.8 Å². The normalized spacial score (nSPS) is 17.8. The van der Waals surface area contributed by atoms with Gasteiger partial charge in [0.05, 0.1) is 20.2 Å². The van der Waals surface area contributed by atoms with Gasteiger partial charge in [0.15, 0.2) is 5.96 Å². The van der Waals surface area contributed by atoms with E-state index in [4.69, 9.17) is 14.5 Å². The van der Waals surface area contributed by atoms with Crippen molar-refractivity contribution >= 4 is 29.9 Å². The molecule has 0 aromatic heterocycles. The van der Waals surface area contributed by atoms with E-state index in [1.54, 1.807) is 7.11 Å². The Morgan fingerprint density at radius 1 is 1.14 bits per heavy atom. The topological polar surface area (TPSA) is 61.4 Å². The maximum Gasteiger partial charge on any atom is 0.191 e. The van der Waals surface area contributed by atoms with Gasteiger partial charge in [0.25, 0.3) is 0 Å². The van der Waals surface area contributed by atoms with Gasteiger partial charge in [-0.25, -0.2) is 0 Å². The van der Waals surface area contributed by atoms with Crippen molar-refractivity contribution in [2.75, 3.05) is 60.0 Å². The Bertz CT molecular complexity index is 608. The highest BCUT2D eigenvalue weighted by molar-refractivity contribution is 14.0. The van der Waals surface area contributed by atoms with Crippen LogP contribution in [0.3, 0.4) is 0 Å². The molecule has 0 aliphatic carbocycles. The number of hydrogen-bond donors (Lipinski definition) is 2. The van der Waals surface area contributed by atoms with Crippen LogP contribution in [0, 0.1) is 0 Å². The standard InChI is InChI=1S/C21H37N5O2.HI/c1-6-22-21(23-15-17(2)26-12-10-25(4)11-13-26)24-16-18(3)28-20-9-7-8-19(14-20)27-5;/h7-9,14,17-18H,6,10-13,15-16H2,1-5H3,(H2,22,23,24);1H. The van der Waals surface area contributed by atoms with Gasteiger partial charge >= 0.3 is 0 Å². The monoisotopic (exact) mass is 519 g/mol. The largest absolute Gasteiger partial charge is 0.497 e. The van der Waals surface area contributed by atoms with Crippen molar-refractivity contribution < 1.29 is 9.47 Å². The fourth-order valence-electron chi connectivity index (χ4n) is 3.13. The van der Waals surface area contributed by atoms with Crippen LogP contribution in [0.1, 0.15) is 20.8 Å². The first-order valence-electron chi connectivity index (χ1n) is 10.3. The number of hydrogen-bond acceptors (Lipinski definition) is 5. The predicted molar refractivity (Wildman–Crippen MR) is 131 cm³/mol. The molecule has 1 aliphatic heterocycles. The van der Waals surface area contributed by atoms with Crippen LogP contribution < -0.4 is 20.1 Å². The van der Waals surface area contributed by atoms with Crippen LogP contribution in [0.5, 0.6) is 11.5 Å². The SMILES string of the molecule is CCNC(=NCC(C)N1CCN(C)CC1)NCC(C)Oc1cccc(OC)c1.I. The lowest BCUT2D eigenvalue weighted by Gasteiger charge is -2.35.